The average Bonchev–Trinajstić information content (AvgIpc) is 3.36. The van der Waals surface area contributed by atoms with Gasteiger partial charge in [0.05, 0.1) is 16.4 Å². The highest BCUT2D eigenvalue weighted by molar-refractivity contribution is 6.36. The minimum atomic E-state index is -0.275. The lowest BCUT2D eigenvalue weighted by Crippen LogP contribution is -2.15. The van der Waals surface area contributed by atoms with Crippen molar-refractivity contribution in [1.82, 2.24) is 19.7 Å². The topological polar surface area (TPSA) is 46.8 Å². The molecule has 2 aromatic heterocycles. The van der Waals surface area contributed by atoms with Crippen molar-refractivity contribution in [3.05, 3.63) is 82.0 Å². The van der Waals surface area contributed by atoms with E-state index in [1.807, 2.05) is 31.3 Å². The predicted octanol–water partition coefficient (Wildman–Crippen LogP) is 5.78. The summed E-state index contributed by atoms with van der Waals surface area (Å²) in [6.45, 7) is 2.59. The Morgan fingerprint density at radius 1 is 0.967 bits per heavy atom. The number of fused-ring (bicyclic) bond motifs is 1. The minimum Gasteiger partial charge on any atom is -0.324 e. The first-order valence-corrected chi connectivity index (χ1v) is 10.2. The number of aromatic nitrogens is 4. The van der Waals surface area contributed by atoms with Crippen LogP contribution in [0, 0.1) is 12.7 Å². The molecule has 0 radical (unpaired) electrons. The zero-order valence-corrected chi connectivity index (χ0v) is 17.5. The van der Waals surface area contributed by atoms with Crippen molar-refractivity contribution >= 4 is 34.7 Å². The van der Waals surface area contributed by atoms with E-state index in [1.165, 1.54) is 12.1 Å². The van der Waals surface area contributed by atoms with Crippen LogP contribution >= 0.6 is 23.2 Å². The largest absolute Gasteiger partial charge is 0.324 e. The summed E-state index contributed by atoms with van der Waals surface area (Å²) >= 11 is 12.5. The number of hydrogen-bond donors (Lipinski definition) is 0. The van der Waals surface area contributed by atoms with Gasteiger partial charge in [-0.05, 0) is 61.9 Å². The van der Waals surface area contributed by atoms with Crippen molar-refractivity contribution in [3.8, 4) is 17.1 Å². The molecule has 0 amide bonds. The molecule has 0 spiro atoms. The zero-order chi connectivity index (χ0) is 20.8. The Hall–Kier alpha value is -2.96. The molecule has 5 rings (SSSR count). The second-order valence-electron chi connectivity index (χ2n) is 7.05. The van der Waals surface area contributed by atoms with Gasteiger partial charge in [-0.3, -0.25) is 0 Å². The van der Waals surface area contributed by atoms with E-state index in [-0.39, 0.29) is 5.82 Å². The molecule has 0 N–H and O–H groups in total. The third-order valence-electron chi connectivity index (χ3n) is 5.06. The Balaban J connectivity index is 1.57. The van der Waals surface area contributed by atoms with Gasteiger partial charge in [-0.1, -0.05) is 23.2 Å². The quantitative estimate of drug-likeness (QED) is 0.405. The van der Waals surface area contributed by atoms with Gasteiger partial charge in [0.15, 0.2) is 5.82 Å². The summed E-state index contributed by atoms with van der Waals surface area (Å²) in [5.74, 6) is 1.92. The van der Waals surface area contributed by atoms with Crippen molar-refractivity contribution in [3.63, 3.8) is 0 Å². The maximum Gasteiger partial charge on any atom is 0.162 e. The van der Waals surface area contributed by atoms with Crippen LogP contribution < -0.4 is 4.90 Å². The second-order valence-corrected chi connectivity index (χ2v) is 7.89. The number of halogens is 3. The number of rotatable bonds is 3. The molecule has 150 valence electrons. The molecule has 0 atom stereocenters. The van der Waals surface area contributed by atoms with Crippen LogP contribution in [0.3, 0.4) is 0 Å². The standard InChI is InChI=1S/C22H16Cl2FN5/c1-13-26-21-17(8-10-29(21)20-7-4-15(23)12-18(20)24)22(27-13)30-11-9-19(28-30)14-2-5-16(25)6-3-14/h2-7,9,11-12H,8,10H2,1H3. The Morgan fingerprint density at radius 2 is 1.73 bits per heavy atom. The third-order valence-corrected chi connectivity index (χ3v) is 5.60. The number of anilines is 2. The molecule has 8 heteroatoms. The predicted molar refractivity (Wildman–Crippen MR) is 116 cm³/mol. The number of aryl methyl sites for hydroxylation is 1. The highest BCUT2D eigenvalue weighted by Crippen LogP contribution is 2.39. The maximum absolute atomic E-state index is 13.2. The molecule has 0 fully saturated rings. The van der Waals surface area contributed by atoms with Gasteiger partial charge in [-0.15, -0.1) is 0 Å². The zero-order valence-electron chi connectivity index (χ0n) is 16.0. The van der Waals surface area contributed by atoms with Gasteiger partial charge in [0, 0.05) is 28.9 Å². The molecule has 5 nitrogen and oxygen atoms in total. The van der Waals surface area contributed by atoms with E-state index >= 15 is 0 Å². The smallest absolute Gasteiger partial charge is 0.162 e. The summed E-state index contributed by atoms with van der Waals surface area (Å²) in [6.07, 6.45) is 2.62. The molecular formula is C22H16Cl2FN5. The van der Waals surface area contributed by atoms with Crippen molar-refractivity contribution in [2.75, 3.05) is 11.4 Å². The molecule has 1 aliphatic heterocycles. The van der Waals surface area contributed by atoms with Gasteiger partial charge >= 0.3 is 0 Å². The van der Waals surface area contributed by atoms with Crippen molar-refractivity contribution in [2.45, 2.75) is 13.3 Å². The van der Waals surface area contributed by atoms with E-state index in [2.05, 4.69) is 20.0 Å². The molecular weight excluding hydrogens is 424 g/mol. The molecule has 4 aromatic rings. The SMILES string of the molecule is Cc1nc2c(c(-n3ccc(-c4ccc(F)cc4)n3)n1)CCN2c1ccc(Cl)cc1Cl. The lowest BCUT2D eigenvalue weighted by molar-refractivity contribution is 0.628. The normalized spacial score (nSPS) is 13.0. The summed E-state index contributed by atoms with van der Waals surface area (Å²) in [6, 6.07) is 13.6. The van der Waals surface area contributed by atoms with Crippen LogP contribution in [0.4, 0.5) is 15.9 Å². The van der Waals surface area contributed by atoms with Gasteiger partial charge in [0.25, 0.3) is 0 Å². The molecule has 30 heavy (non-hydrogen) atoms. The fourth-order valence-electron chi connectivity index (χ4n) is 3.68. The van der Waals surface area contributed by atoms with Crippen molar-refractivity contribution < 1.29 is 4.39 Å². The molecule has 1 aliphatic rings. The highest BCUT2D eigenvalue weighted by Gasteiger charge is 2.28. The molecule has 0 unspecified atom stereocenters. The average molecular weight is 440 g/mol. The van der Waals surface area contributed by atoms with Crippen LogP contribution in [0.2, 0.25) is 10.0 Å². The molecule has 2 aromatic carbocycles. The lowest BCUT2D eigenvalue weighted by atomic mass is 10.1. The number of benzene rings is 2. The van der Waals surface area contributed by atoms with E-state index in [4.69, 9.17) is 23.2 Å². The lowest BCUT2D eigenvalue weighted by Gasteiger charge is -2.20. The van der Waals surface area contributed by atoms with Crippen molar-refractivity contribution in [2.24, 2.45) is 0 Å². The summed E-state index contributed by atoms with van der Waals surface area (Å²) in [4.78, 5) is 11.4. The molecule has 0 aliphatic carbocycles. The van der Waals surface area contributed by atoms with Crippen LogP contribution in [-0.2, 0) is 6.42 Å². The second kappa shape index (κ2) is 7.38. The number of hydrogen-bond acceptors (Lipinski definition) is 4. The Labute approximate surface area is 182 Å². The van der Waals surface area contributed by atoms with Gasteiger partial charge in [-0.25, -0.2) is 19.0 Å². The van der Waals surface area contributed by atoms with Crippen LogP contribution in [0.1, 0.15) is 11.4 Å². The summed E-state index contributed by atoms with van der Waals surface area (Å²) in [5, 5.41) is 5.83. The van der Waals surface area contributed by atoms with E-state index < -0.39 is 0 Å². The third kappa shape index (κ3) is 3.32. The molecule has 0 saturated carbocycles. The maximum atomic E-state index is 13.2. The summed E-state index contributed by atoms with van der Waals surface area (Å²) in [7, 11) is 0. The van der Waals surface area contributed by atoms with E-state index in [0.717, 1.165) is 47.1 Å². The van der Waals surface area contributed by atoms with E-state index in [1.54, 1.807) is 22.9 Å². The molecule has 0 saturated heterocycles. The van der Waals surface area contributed by atoms with Gasteiger partial charge in [0.2, 0.25) is 0 Å². The monoisotopic (exact) mass is 439 g/mol. The van der Waals surface area contributed by atoms with Gasteiger partial charge in [0.1, 0.15) is 17.5 Å². The molecule has 3 heterocycles. The van der Waals surface area contributed by atoms with Crippen LogP contribution in [0.15, 0.2) is 54.7 Å². The Bertz CT molecular complexity index is 1250. The van der Waals surface area contributed by atoms with Crippen LogP contribution in [0.5, 0.6) is 0 Å². The fourth-order valence-corrected chi connectivity index (χ4v) is 4.19. The first kappa shape index (κ1) is 19.0. The van der Waals surface area contributed by atoms with E-state index in [0.29, 0.717) is 15.9 Å². The Kier molecular flexibility index (Phi) is 4.68. The van der Waals surface area contributed by atoms with Crippen LogP contribution in [-0.4, -0.2) is 26.3 Å². The Morgan fingerprint density at radius 3 is 2.50 bits per heavy atom. The van der Waals surface area contributed by atoms with Gasteiger partial charge in [-0.2, -0.15) is 5.10 Å². The molecule has 0 bridgehead atoms. The highest BCUT2D eigenvalue weighted by atomic mass is 35.5. The van der Waals surface area contributed by atoms with E-state index in [9.17, 15) is 4.39 Å². The minimum absolute atomic E-state index is 0.275. The summed E-state index contributed by atoms with van der Waals surface area (Å²) < 4.78 is 15.0. The van der Waals surface area contributed by atoms with Crippen LogP contribution in [0.25, 0.3) is 17.1 Å². The fraction of sp³-hybridized carbons (Fsp3) is 0.136. The summed E-state index contributed by atoms with van der Waals surface area (Å²) in [5.41, 5.74) is 3.44. The first-order chi connectivity index (χ1) is 14.5. The van der Waals surface area contributed by atoms with Gasteiger partial charge < -0.3 is 4.90 Å². The van der Waals surface area contributed by atoms with Crippen molar-refractivity contribution in [1.29, 1.82) is 0 Å². The number of nitrogens with zero attached hydrogens (tertiary/aromatic N) is 5. The first-order valence-electron chi connectivity index (χ1n) is 9.42.